The Labute approximate surface area is 107 Å². The van der Waals surface area contributed by atoms with Crippen molar-refractivity contribution in [3.05, 3.63) is 41.0 Å². The lowest BCUT2D eigenvalue weighted by Crippen LogP contribution is -2.07. The van der Waals surface area contributed by atoms with Gasteiger partial charge in [-0.25, -0.2) is 4.79 Å². The molecule has 0 N–H and O–H groups in total. The van der Waals surface area contributed by atoms with E-state index in [1.807, 2.05) is 19.1 Å². The van der Waals surface area contributed by atoms with E-state index >= 15 is 0 Å². The lowest BCUT2D eigenvalue weighted by molar-refractivity contribution is -0.138. The number of ether oxygens (including phenoxy) is 1. The highest BCUT2D eigenvalue weighted by molar-refractivity contribution is 5.95. The fraction of sp³-hybridized carbons (Fsp3) is 0.333. The molecule has 1 aromatic carbocycles. The number of hydrogen-bond donors (Lipinski definition) is 0. The molecule has 0 fully saturated rings. The Morgan fingerprint density at radius 3 is 2.44 bits per heavy atom. The van der Waals surface area contributed by atoms with Gasteiger partial charge in [0.2, 0.25) is 0 Å². The molecule has 3 nitrogen and oxygen atoms in total. The Bertz CT molecular complexity index is 447. The van der Waals surface area contributed by atoms with Crippen LogP contribution in [0.3, 0.4) is 0 Å². The third kappa shape index (κ3) is 3.84. The second-order valence-corrected chi connectivity index (χ2v) is 3.89. The molecule has 1 aromatic rings. The summed E-state index contributed by atoms with van der Waals surface area (Å²) >= 11 is 0. The van der Waals surface area contributed by atoms with Gasteiger partial charge >= 0.3 is 5.97 Å². The van der Waals surface area contributed by atoms with Crippen LogP contribution in [0.2, 0.25) is 0 Å². The van der Waals surface area contributed by atoms with Gasteiger partial charge in [-0.1, -0.05) is 37.6 Å². The Morgan fingerprint density at radius 1 is 1.22 bits per heavy atom. The molecule has 0 aliphatic rings. The molecule has 0 bridgehead atoms. The Hall–Kier alpha value is -1.90. The lowest BCUT2D eigenvalue weighted by atomic mass is 10.0. The van der Waals surface area contributed by atoms with Gasteiger partial charge in [-0.15, -0.1) is 0 Å². The van der Waals surface area contributed by atoms with Crippen molar-refractivity contribution in [3.63, 3.8) is 0 Å². The van der Waals surface area contributed by atoms with E-state index < -0.39 is 0 Å². The minimum absolute atomic E-state index is 0.306. The number of esters is 1. The molecule has 0 heterocycles. The van der Waals surface area contributed by atoms with E-state index in [9.17, 15) is 9.59 Å². The monoisotopic (exact) mass is 246 g/mol. The van der Waals surface area contributed by atoms with Crippen LogP contribution in [0.1, 0.15) is 42.6 Å². The van der Waals surface area contributed by atoms with Crippen molar-refractivity contribution in [1.82, 2.24) is 0 Å². The first-order valence-corrected chi connectivity index (χ1v) is 6.14. The molecule has 0 saturated carbocycles. The standard InChI is InChI=1S/C15H18O3/c1-3-7-13(15(17)18-4-2)10-12-8-5-6-9-14(12)11-16/h5-6,8-11H,3-4,7H2,1-2H3/b13-10+. The Kier molecular flexibility index (Phi) is 5.85. The average Bonchev–Trinajstić information content (AvgIpc) is 2.39. The fourth-order valence-electron chi connectivity index (χ4n) is 1.66. The number of aldehydes is 1. The van der Waals surface area contributed by atoms with Gasteiger partial charge < -0.3 is 4.74 Å². The average molecular weight is 246 g/mol. The minimum Gasteiger partial charge on any atom is -0.463 e. The highest BCUT2D eigenvalue weighted by Crippen LogP contribution is 2.16. The van der Waals surface area contributed by atoms with E-state index in [0.29, 0.717) is 24.2 Å². The third-order valence-electron chi connectivity index (χ3n) is 2.51. The van der Waals surface area contributed by atoms with Crippen LogP contribution in [0.5, 0.6) is 0 Å². The summed E-state index contributed by atoms with van der Waals surface area (Å²) in [7, 11) is 0. The van der Waals surface area contributed by atoms with Gasteiger partial charge in [0, 0.05) is 11.1 Å². The maximum Gasteiger partial charge on any atom is 0.334 e. The minimum atomic E-state index is -0.306. The van der Waals surface area contributed by atoms with Crippen LogP contribution in [-0.4, -0.2) is 18.9 Å². The van der Waals surface area contributed by atoms with Gasteiger partial charge in [-0.2, -0.15) is 0 Å². The molecule has 0 aromatic heterocycles. The van der Waals surface area contributed by atoms with E-state index in [2.05, 4.69) is 0 Å². The molecular weight excluding hydrogens is 228 g/mol. The number of benzene rings is 1. The first-order valence-electron chi connectivity index (χ1n) is 6.14. The summed E-state index contributed by atoms with van der Waals surface area (Å²) in [5.74, 6) is -0.306. The van der Waals surface area contributed by atoms with E-state index in [1.165, 1.54) is 0 Å². The van der Waals surface area contributed by atoms with E-state index in [0.717, 1.165) is 18.3 Å². The van der Waals surface area contributed by atoms with Gasteiger partial charge in [0.05, 0.1) is 6.61 Å². The van der Waals surface area contributed by atoms with Crippen molar-refractivity contribution in [1.29, 1.82) is 0 Å². The van der Waals surface area contributed by atoms with Crippen molar-refractivity contribution in [3.8, 4) is 0 Å². The van der Waals surface area contributed by atoms with Crippen LogP contribution < -0.4 is 0 Å². The van der Waals surface area contributed by atoms with Crippen molar-refractivity contribution in [2.45, 2.75) is 26.7 Å². The number of rotatable bonds is 6. The smallest absolute Gasteiger partial charge is 0.334 e. The number of carbonyl (C=O) groups is 2. The summed E-state index contributed by atoms with van der Waals surface area (Å²) in [6.07, 6.45) is 4.03. The molecule has 0 unspecified atom stereocenters. The van der Waals surface area contributed by atoms with Crippen LogP contribution in [0, 0.1) is 0 Å². The van der Waals surface area contributed by atoms with Crippen LogP contribution in [0.15, 0.2) is 29.8 Å². The summed E-state index contributed by atoms with van der Waals surface area (Å²) in [5.41, 5.74) is 1.94. The molecule has 0 aliphatic carbocycles. The second kappa shape index (κ2) is 7.43. The topological polar surface area (TPSA) is 43.4 Å². The maximum atomic E-state index is 11.8. The first-order chi connectivity index (χ1) is 8.72. The summed E-state index contributed by atoms with van der Waals surface area (Å²) in [5, 5.41) is 0. The van der Waals surface area contributed by atoms with Crippen LogP contribution in [0.25, 0.3) is 6.08 Å². The molecule has 0 radical (unpaired) electrons. The molecule has 1 rings (SSSR count). The molecule has 96 valence electrons. The predicted molar refractivity (Wildman–Crippen MR) is 71.3 cm³/mol. The molecule has 3 heteroatoms. The molecule has 0 spiro atoms. The van der Waals surface area contributed by atoms with Crippen LogP contribution in [-0.2, 0) is 9.53 Å². The largest absolute Gasteiger partial charge is 0.463 e. The van der Waals surface area contributed by atoms with Crippen molar-refractivity contribution >= 4 is 18.3 Å². The SMILES string of the molecule is CCC/C(=C\c1ccccc1C=O)C(=O)OCC. The van der Waals surface area contributed by atoms with E-state index in [1.54, 1.807) is 25.1 Å². The molecule has 0 aliphatic heterocycles. The quantitative estimate of drug-likeness (QED) is 0.439. The van der Waals surface area contributed by atoms with Crippen molar-refractivity contribution < 1.29 is 14.3 Å². The number of hydrogen-bond acceptors (Lipinski definition) is 3. The first kappa shape index (κ1) is 14.2. The molecule has 0 saturated heterocycles. The lowest BCUT2D eigenvalue weighted by Gasteiger charge is -2.06. The molecule has 0 amide bonds. The van der Waals surface area contributed by atoms with Crippen LogP contribution in [0.4, 0.5) is 0 Å². The Morgan fingerprint density at radius 2 is 1.89 bits per heavy atom. The summed E-state index contributed by atoms with van der Waals surface area (Å²) in [6.45, 7) is 4.13. The Balaban J connectivity index is 3.07. The van der Waals surface area contributed by atoms with Crippen molar-refractivity contribution in [2.24, 2.45) is 0 Å². The second-order valence-electron chi connectivity index (χ2n) is 3.89. The molecule has 18 heavy (non-hydrogen) atoms. The zero-order chi connectivity index (χ0) is 13.4. The third-order valence-corrected chi connectivity index (χ3v) is 2.51. The van der Waals surface area contributed by atoms with Gasteiger partial charge in [0.1, 0.15) is 0 Å². The molecular formula is C15H18O3. The zero-order valence-electron chi connectivity index (χ0n) is 10.8. The predicted octanol–water partition coefficient (Wildman–Crippen LogP) is 3.25. The summed E-state index contributed by atoms with van der Waals surface area (Å²) in [4.78, 5) is 22.7. The zero-order valence-corrected chi connectivity index (χ0v) is 10.8. The van der Waals surface area contributed by atoms with Gasteiger partial charge in [0.15, 0.2) is 6.29 Å². The van der Waals surface area contributed by atoms with Crippen molar-refractivity contribution in [2.75, 3.05) is 6.61 Å². The van der Waals surface area contributed by atoms with Gasteiger partial charge in [-0.05, 0) is 25.0 Å². The van der Waals surface area contributed by atoms with Gasteiger partial charge in [-0.3, -0.25) is 4.79 Å². The fourth-order valence-corrected chi connectivity index (χ4v) is 1.66. The summed E-state index contributed by atoms with van der Waals surface area (Å²) < 4.78 is 5.01. The van der Waals surface area contributed by atoms with E-state index in [-0.39, 0.29) is 5.97 Å². The van der Waals surface area contributed by atoms with E-state index in [4.69, 9.17) is 4.74 Å². The highest BCUT2D eigenvalue weighted by Gasteiger charge is 2.10. The highest BCUT2D eigenvalue weighted by atomic mass is 16.5. The van der Waals surface area contributed by atoms with Crippen LogP contribution >= 0.6 is 0 Å². The molecule has 0 atom stereocenters. The number of carbonyl (C=O) groups excluding carboxylic acids is 2. The maximum absolute atomic E-state index is 11.8. The summed E-state index contributed by atoms with van der Waals surface area (Å²) in [6, 6.07) is 7.19. The van der Waals surface area contributed by atoms with Gasteiger partial charge in [0.25, 0.3) is 0 Å². The normalized spacial score (nSPS) is 11.1.